The summed E-state index contributed by atoms with van der Waals surface area (Å²) >= 11 is 0. The van der Waals surface area contributed by atoms with Crippen molar-refractivity contribution in [2.75, 3.05) is 19.4 Å². The second-order valence-corrected chi connectivity index (χ2v) is 5.11. The van der Waals surface area contributed by atoms with E-state index in [1.165, 1.54) is 5.56 Å². The summed E-state index contributed by atoms with van der Waals surface area (Å²) in [5.74, 6) is -0.183. The van der Waals surface area contributed by atoms with Crippen LogP contribution in [0, 0.1) is 0 Å². The molecular formula is C13H21N3O. The van der Waals surface area contributed by atoms with E-state index < -0.39 is 5.54 Å². The third-order valence-corrected chi connectivity index (χ3v) is 2.30. The Kier molecular flexibility index (Phi) is 4.26. The topological polar surface area (TPSA) is 58.4 Å². The maximum absolute atomic E-state index is 11.7. The Morgan fingerprint density at radius 2 is 1.82 bits per heavy atom. The molecular weight excluding hydrogens is 214 g/mol. The lowest BCUT2D eigenvalue weighted by atomic mass is 10.1. The molecule has 0 bridgehead atoms. The van der Waals surface area contributed by atoms with Crippen LogP contribution in [0.2, 0.25) is 0 Å². The average molecular weight is 235 g/mol. The zero-order chi connectivity index (χ0) is 13.1. The van der Waals surface area contributed by atoms with Crippen LogP contribution < -0.4 is 11.1 Å². The van der Waals surface area contributed by atoms with Crippen LogP contribution in [0.1, 0.15) is 19.4 Å². The molecule has 0 atom stereocenters. The Bertz CT molecular complexity index is 377. The molecule has 17 heavy (non-hydrogen) atoms. The number of hydrogen-bond donors (Lipinski definition) is 2. The SMILES string of the molecule is CN(C)Cc1ccc(NC(=O)C(C)(C)N)cc1. The summed E-state index contributed by atoms with van der Waals surface area (Å²) in [6.07, 6.45) is 0. The fourth-order valence-electron chi connectivity index (χ4n) is 1.35. The first kappa shape index (κ1) is 13.7. The van der Waals surface area contributed by atoms with Gasteiger partial charge in [-0.2, -0.15) is 0 Å². The van der Waals surface area contributed by atoms with E-state index in [2.05, 4.69) is 10.2 Å². The van der Waals surface area contributed by atoms with Crippen molar-refractivity contribution in [3.63, 3.8) is 0 Å². The number of nitrogens with zero attached hydrogens (tertiary/aromatic N) is 1. The summed E-state index contributed by atoms with van der Waals surface area (Å²) in [5, 5.41) is 2.78. The van der Waals surface area contributed by atoms with E-state index in [1.54, 1.807) is 13.8 Å². The summed E-state index contributed by atoms with van der Waals surface area (Å²) < 4.78 is 0. The molecule has 0 unspecified atom stereocenters. The predicted octanol–water partition coefficient (Wildman–Crippen LogP) is 1.42. The number of carbonyl (C=O) groups is 1. The van der Waals surface area contributed by atoms with E-state index in [9.17, 15) is 4.79 Å². The lowest BCUT2D eigenvalue weighted by molar-refractivity contribution is -0.120. The number of nitrogens with two attached hydrogens (primary N) is 1. The van der Waals surface area contributed by atoms with Crippen molar-refractivity contribution in [2.45, 2.75) is 25.9 Å². The summed E-state index contributed by atoms with van der Waals surface area (Å²) in [6, 6.07) is 7.78. The van der Waals surface area contributed by atoms with Gasteiger partial charge in [0.15, 0.2) is 0 Å². The molecule has 4 heteroatoms. The molecule has 94 valence electrons. The number of amides is 1. The second kappa shape index (κ2) is 5.29. The standard InChI is InChI=1S/C13H21N3O/c1-13(2,14)12(17)15-11-7-5-10(6-8-11)9-16(3)4/h5-8H,9,14H2,1-4H3,(H,15,17). The van der Waals surface area contributed by atoms with E-state index >= 15 is 0 Å². The van der Waals surface area contributed by atoms with Crippen molar-refractivity contribution in [2.24, 2.45) is 5.73 Å². The van der Waals surface area contributed by atoms with Crippen LogP contribution in [-0.4, -0.2) is 30.4 Å². The molecule has 4 nitrogen and oxygen atoms in total. The molecule has 0 heterocycles. The quantitative estimate of drug-likeness (QED) is 0.830. The van der Waals surface area contributed by atoms with E-state index in [4.69, 9.17) is 5.73 Å². The molecule has 3 N–H and O–H groups in total. The Hall–Kier alpha value is -1.39. The monoisotopic (exact) mass is 235 g/mol. The highest BCUT2D eigenvalue weighted by Gasteiger charge is 2.21. The van der Waals surface area contributed by atoms with Crippen molar-refractivity contribution in [1.29, 1.82) is 0 Å². The van der Waals surface area contributed by atoms with Crippen LogP contribution in [0.5, 0.6) is 0 Å². The van der Waals surface area contributed by atoms with Gasteiger partial charge in [0.25, 0.3) is 0 Å². The zero-order valence-corrected chi connectivity index (χ0v) is 10.9. The third kappa shape index (κ3) is 4.54. The molecule has 0 aromatic heterocycles. The van der Waals surface area contributed by atoms with E-state index in [0.29, 0.717) is 0 Å². The van der Waals surface area contributed by atoms with Crippen molar-refractivity contribution in [3.8, 4) is 0 Å². The highest BCUT2D eigenvalue weighted by molar-refractivity contribution is 5.97. The van der Waals surface area contributed by atoms with Crippen LogP contribution in [0.25, 0.3) is 0 Å². The average Bonchev–Trinajstić information content (AvgIpc) is 2.18. The lowest BCUT2D eigenvalue weighted by Gasteiger charge is -2.18. The third-order valence-electron chi connectivity index (χ3n) is 2.30. The van der Waals surface area contributed by atoms with Crippen LogP contribution in [0.3, 0.4) is 0 Å². The van der Waals surface area contributed by atoms with Crippen molar-refractivity contribution >= 4 is 11.6 Å². The number of nitrogens with one attached hydrogen (secondary N) is 1. The summed E-state index contributed by atoms with van der Waals surface area (Å²) in [4.78, 5) is 13.7. The first-order chi connectivity index (χ1) is 7.79. The van der Waals surface area contributed by atoms with Gasteiger partial charge >= 0.3 is 0 Å². The molecule has 1 amide bonds. The molecule has 0 saturated carbocycles. The van der Waals surface area contributed by atoms with Crippen molar-refractivity contribution in [1.82, 2.24) is 4.90 Å². The molecule has 0 aliphatic carbocycles. The molecule has 1 aromatic carbocycles. The minimum Gasteiger partial charge on any atom is -0.325 e. The van der Waals surface area contributed by atoms with Crippen LogP contribution in [-0.2, 0) is 11.3 Å². The van der Waals surface area contributed by atoms with E-state index in [0.717, 1.165) is 12.2 Å². The number of rotatable bonds is 4. The Labute approximate surface area is 103 Å². The maximum Gasteiger partial charge on any atom is 0.243 e. The summed E-state index contributed by atoms with van der Waals surface area (Å²) in [5.41, 5.74) is 6.83. The van der Waals surface area contributed by atoms with Gasteiger partial charge in [0.1, 0.15) is 0 Å². The summed E-state index contributed by atoms with van der Waals surface area (Å²) in [7, 11) is 4.04. The number of hydrogen-bond acceptors (Lipinski definition) is 3. The van der Waals surface area contributed by atoms with Crippen LogP contribution >= 0.6 is 0 Å². The highest BCUT2D eigenvalue weighted by atomic mass is 16.2. The molecule has 0 radical (unpaired) electrons. The summed E-state index contributed by atoms with van der Waals surface area (Å²) in [6.45, 7) is 4.25. The Morgan fingerprint density at radius 1 is 1.29 bits per heavy atom. The van der Waals surface area contributed by atoms with Crippen LogP contribution in [0.15, 0.2) is 24.3 Å². The van der Waals surface area contributed by atoms with Gasteiger partial charge in [-0.1, -0.05) is 12.1 Å². The molecule has 1 aromatic rings. The van der Waals surface area contributed by atoms with Gasteiger partial charge in [-0.3, -0.25) is 4.79 Å². The first-order valence-corrected chi connectivity index (χ1v) is 5.63. The molecule has 0 fully saturated rings. The zero-order valence-electron chi connectivity index (χ0n) is 10.9. The smallest absolute Gasteiger partial charge is 0.243 e. The Balaban J connectivity index is 2.66. The highest BCUT2D eigenvalue weighted by Crippen LogP contribution is 2.12. The van der Waals surface area contributed by atoms with Gasteiger partial charge in [0.2, 0.25) is 5.91 Å². The van der Waals surface area contributed by atoms with Gasteiger partial charge in [-0.05, 0) is 45.6 Å². The fraction of sp³-hybridized carbons (Fsp3) is 0.462. The number of carbonyl (C=O) groups excluding carboxylic acids is 1. The van der Waals surface area contributed by atoms with E-state index in [1.807, 2.05) is 38.4 Å². The normalized spacial score (nSPS) is 11.6. The maximum atomic E-state index is 11.7. The molecule has 0 spiro atoms. The molecule has 1 rings (SSSR count). The Morgan fingerprint density at radius 3 is 2.24 bits per heavy atom. The van der Waals surface area contributed by atoms with Gasteiger partial charge in [-0.25, -0.2) is 0 Å². The molecule has 0 aliphatic rings. The fourth-order valence-corrected chi connectivity index (χ4v) is 1.35. The van der Waals surface area contributed by atoms with Gasteiger partial charge in [0, 0.05) is 12.2 Å². The van der Waals surface area contributed by atoms with Crippen LogP contribution in [0.4, 0.5) is 5.69 Å². The minimum atomic E-state index is -0.859. The number of anilines is 1. The number of benzene rings is 1. The van der Waals surface area contributed by atoms with Crippen molar-refractivity contribution < 1.29 is 4.79 Å². The van der Waals surface area contributed by atoms with E-state index in [-0.39, 0.29) is 5.91 Å². The lowest BCUT2D eigenvalue weighted by Crippen LogP contribution is -2.45. The molecule has 0 aliphatic heterocycles. The minimum absolute atomic E-state index is 0.183. The second-order valence-electron chi connectivity index (χ2n) is 5.11. The van der Waals surface area contributed by atoms with Gasteiger partial charge in [0.05, 0.1) is 5.54 Å². The first-order valence-electron chi connectivity index (χ1n) is 5.63. The predicted molar refractivity (Wildman–Crippen MR) is 70.7 cm³/mol. The largest absolute Gasteiger partial charge is 0.325 e. The van der Waals surface area contributed by atoms with Gasteiger partial charge < -0.3 is 16.0 Å². The van der Waals surface area contributed by atoms with Crippen molar-refractivity contribution in [3.05, 3.63) is 29.8 Å². The molecule has 0 saturated heterocycles. The van der Waals surface area contributed by atoms with Gasteiger partial charge in [-0.15, -0.1) is 0 Å².